The van der Waals surface area contributed by atoms with E-state index in [0.717, 1.165) is 24.2 Å². The molecule has 122 valence electrons. The van der Waals surface area contributed by atoms with Crippen LogP contribution in [0.3, 0.4) is 0 Å². The van der Waals surface area contributed by atoms with Crippen LogP contribution in [0.5, 0.6) is 0 Å². The lowest BCUT2D eigenvalue weighted by Crippen LogP contribution is -2.35. The number of thioether (sulfide) groups is 1. The number of ether oxygens (including phenoxy) is 1. The summed E-state index contributed by atoms with van der Waals surface area (Å²) in [6.07, 6.45) is 1.59. The van der Waals surface area contributed by atoms with Gasteiger partial charge in [0.05, 0.1) is 25.2 Å². The topological polar surface area (TPSA) is 66.3 Å². The Bertz CT molecular complexity index is 644. The first-order valence-electron chi connectivity index (χ1n) is 7.33. The molecule has 1 amide bonds. The molecular weight excluding hydrogens is 319 g/mol. The normalized spacial score (nSPS) is 21.3. The van der Waals surface area contributed by atoms with Crippen LogP contribution >= 0.6 is 11.8 Å². The Morgan fingerprint density at radius 1 is 1.39 bits per heavy atom. The summed E-state index contributed by atoms with van der Waals surface area (Å²) in [7, 11) is 0. The molecule has 0 bridgehead atoms. The predicted molar refractivity (Wildman–Crippen MR) is 88.1 cm³/mol. The summed E-state index contributed by atoms with van der Waals surface area (Å²) in [5.41, 5.74) is 1.68. The largest absolute Gasteiger partial charge is 0.379 e. The Morgan fingerprint density at radius 2 is 2.22 bits per heavy atom. The van der Waals surface area contributed by atoms with E-state index in [1.165, 1.54) is 23.9 Å². The van der Waals surface area contributed by atoms with Gasteiger partial charge in [-0.2, -0.15) is 5.10 Å². The Balaban J connectivity index is 1.71. The van der Waals surface area contributed by atoms with Crippen molar-refractivity contribution in [2.24, 2.45) is 10.2 Å². The maximum atomic E-state index is 13.5. The van der Waals surface area contributed by atoms with E-state index in [2.05, 4.69) is 20.4 Å². The van der Waals surface area contributed by atoms with Crippen molar-refractivity contribution < 1.29 is 13.9 Å². The molecule has 0 aromatic heterocycles. The van der Waals surface area contributed by atoms with E-state index in [4.69, 9.17) is 4.74 Å². The summed E-state index contributed by atoms with van der Waals surface area (Å²) in [6.45, 7) is 3.70. The third kappa shape index (κ3) is 4.60. The second-order valence-electron chi connectivity index (χ2n) is 5.22. The molecule has 2 fully saturated rings. The lowest BCUT2D eigenvalue weighted by Gasteiger charge is -2.27. The van der Waals surface area contributed by atoms with Crippen molar-refractivity contribution in [3.05, 3.63) is 35.1 Å². The molecule has 23 heavy (non-hydrogen) atoms. The van der Waals surface area contributed by atoms with Crippen molar-refractivity contribution in [3.8, 4) is 0 Å². The second kappa shape index (κ2) is 7.67. The Morgan fingerprint density at radius 3 is 2.96 bits per heavy atom. The van der Waals surface area contributed by atoms with Crippen LogP contribution in [0.2, 0.25) is 0 Å². The van der Waals surface area contributed by atoms with Gasteiger partial charge < -0.3 is 10.1 Å². The molecule has 0 radical (unpaired) electrons. The molecule has 2 heterocycles. The highest BCUT2D eigenvalue weighted by atomic mass is 32.2. The van der Waals surface area contributed by atoms with E-state index in [0.29, 0.717) is 30.7 Å². The maximum Gasteiger partial charge on any atom is 0.236 e. The molecule has 1 aromatic rings. The minimum Gasteiger partial charge on any atom is -0.379 e. The molecule has 2 aliphatic rings. The number of amides is 1. The monoisotopic (exact) mass is 336 g/mol. The number of nitrogens with zero attached hydrogens (tertiary/aromatic N) is 3. The van der Waals surface area contributed by atoms with Gasteiger partial charge in [-0.15, -0.1) is 5.10 Å². The fourth-order valence-electron chi connectivity index (χ4n) is 2.36. The molecule has 0 spiro atoms. The van der Waals surface area contributed by atoms with E-state index in [1.807, 2.05) is 0 Å². The Kier molecular flexibility index (Phi) is 5.37. The third-order valence-electron chi connectivity index (χ3n) is 3.53. The van der Waals surface area contributed by atoms with Crippen molar-refractivity contribution >= 4 is 29.1 Å². The van der Waals surface area contributed by atoms with Crippen LogP contribution in [-0.2, 0) is 16.1 Å². The van der Waals surface area contributed by atoms with E-state index in [-0.39, 0.29) is 11.7 Å². The van der Waals surface area contributed by atoms with Gasteiger partial charge in [0.25, 0.3) is 0 Å². The number of amidine groups is 1. The van der Waals surface area contributed by atoms with E-state index >= 15 is 0 Å². The number of hydrogen-bond acceptors (Lipinski definition) is 6. The Labute approximate surface area is 137 Å². The number of carbonyl (C=O) groups is 1. The quantitative estimate of drug-likeness (QED) is 0.663. The number of benzene rings is 1. The third-order valence-corrected chi connectivity index (χ3v) is 4.40. The zero-order valence-electron chi connectivity index (χ0n) is 12.5. The highest BCUT2D eigenvalue weighted by molar-refractivity contribution is 8.15. The highest BCUT2D eigenvalue weighted by Crippen LogP contribution is 2.14. The summed E-state index contributed by atoms with van der Waals surface area (Å²) >= 11 is 1.31. The van der Waals surface area contributed by atoms with Crippen LogP contribution in [-0.4, -0.2) is 54.2 Å². The zero-order chi connectivity index (χ0) is 16.1. The van der Waals surface area contributed by atoms with Gasteiger partial charge >= 0.3 is 0 Å². The molecule has 3 rings (SSSR count). The lowest BCUT2D eigenvalue weighted by molar-refractivity contribution is -0.116. The molecule has 1 N–H and O–H groups in total. The van der Waals surface area contributed by atoms with E-state index in [9.17, 15) is 9.18 Å². The summed E-state index contributed by atoms with van der Waals surface area (Å²) in [6, 6.07) is 4.62. The van der Waals surface area contributed by atoms with E-state index in [1.54, 1.807) is 12.3 Å². The van der Waals surface area contributed by atoms with Crippen molar-refractivity contribution in [2.45, 2.75) is 6.54 Å². The predicted octanol–water partition coefficient (Wildman–Crippen LogP) is 1.21. The zero-order valence-corrected chi connectivity index (χ0v) is 13.3. The first-order valence-corrected chi connectivity index (χ1v) is 8.31. The first kappa shape index (κ1) is 16.1. The molecule has 0 saturated carbocycles. The number of morpholine rings is 1. The molecule has 2 saturated heterocycles. The Hall–Kier alpha value is -1.77. The fraction of sp³-hybridized carbons (Fsp3) is 0.400. The van der Waals surface area contributed by atoms with Gasteiger partial charge in [0.15, 0.2) is 5.17 Å². The summed E-state index contributed by atoms with van der Waals surface area (Å²) in [5.74, 6) is 0.0294. The second-order valence-corrected chi connectivity index (χ2v) is 6.18. The molecule has 2 aliphatic heterocycles. The SMILES string of the molecule is O=C1CSC(=NN=Cc2ccc(F)cc2CN2CCOCC2)N1. The number of rotatable bonds is 4. The minimum atomic E-state index is -0.268. The number of carbonyl (C=O) groups excluding carboxylic acids is 1. The standard InChI is InChI=1S/C15H17FN4O2S/c16-13-2-1-11(8-17-19-15-18-14(21)10-23-15)12(7-13)9-20-3-5-22-6-4-20/h1-2,7-8H,3-6,9-10H2,(H,18,19,21). The summed E-state index contributed by atoms with van der Waals surface area (Å²) < 4.78 is 18.9. The van der Waals surface area contributed by atoms with Crippen LogP contribution in [0.1, 0.15) is 11.1 Å². The smallest absolute Gasteiger partial charge is 0.236 e. The van der Waals surface area contributed by atoms with Crippen molar-refractivity contribution in [2.75, 3.05) is 32.1 Å². The molecule has 1 aromatic carbocycles. The number of hydrogen-bond donors (Lipinski definition) is 1. The first-order chi connectivity index (χ1) is 11.2. The molecule has 0 unspecified atom stereocenters. The average Bonchev–Trinajstić information content (AvgIpc) is 2.96. The summed E-state index contributed by atoms with van der Waals surface area (Å²) in [4.78, 5) is 13.3. The minimum absolute atomic E-state index is 0.0706. The van der Waals surface area contributed by atoms with Crippen LogP contribution in [0.25, 0.3) is 0 Å². The maximum absolute atomic E-state index is 13.5. The molecule has 0 atom stereocenters. The van der Waals surface area contributed by atoms with Crippen LogP contribution in [0.15, 0.2) is 28.4 Å². The van der Waals surface area contributed by atoms with Gasteiger partial charge in [-0.05, 0) is 23.3 Å². The average molecular weight is 336 g/mol. The van der Waals surface area contributed by atoms with Crippen molar-refractivity contribution in [3.63, 3.8) is 0 Å². The molecule has 0 aliphatic carbocycles. The van der Waals surface area contributed by atoms with Gasteiger partial charge in [-0.1, -0.05) is 17.8 Å². The van der Waals surface area contributed by atoms with Crippen molar-refractivity contribution in [1.82, 2.24) is 10.2 Å². The van der Waals surface area contributed by atoms with E-state index < -0.39 is 0 Å². The van der Waals surface area contributed by atoms with Gasteiger partial charge in [0.2, 0.25) is 5.91 Å². The van der Waals surface area contributed by atoms with Crippen LogP contribution in [0, 0.1) is 5.82 Å². The number of nitrogens with one attached hydrogen (secondary N) is 1. The number of halogens is 1. The van der Waals surface area contributed by atoms with Crippen LogP contribution < -0.4 is 5.32 Å². The fourth-order valence-corrected chi connectivity index (χ4v) is 2.99. The highest BCUT2D eigenvalue weighted by Gasteiger charge is 2.16. The van der Waals surface area contributed by atoms with Gasteiger partial charge in [0, 0.05) is 19.6 Å². The lowest BCUT2D eigenvalue weighted by atomic mass is 10.1. The van der Waals surface area contributed by atoms with Crippen molar-refractivity contribution in [1.29, 1.82) is 0 Å². The molecule has 8 heteroatoms. The molecular formula is C15H17FN4O2S. The van der Waals surface area contributed by atoms with Gasteiger partial charge in [-0.25, -0.2) is 4.39 Å². The van der Waals surface area contributed by atoms with Gasteiger partial charge in [-0.3, -0.25) is 9.69 Å². The summed E-state index contributed by atoms with van der Waals surface area (Å²) in [5, 5.41) is 11.1. The molecule has 6 nitrogen and oxygen atoms in total. The van der Waals surface area contributed by atoms with Gasteiger partial charge in [0.1, 0.15) is 5.82 Å². The van der Waals surface area contributed by atoms with Crippen LogP contribution in [0.4, 0.5) is 4.39 Å².